The molecule has 112 valence electrons. The number of benzene rings is 1. The SMILES string of the molecule is Cc1cc(NS(=O)(=O)c2cc(N)cc(Br)c2F)cnc1Cl. The minimum atomic E-state index is -4.14. The maximum Gasteiger partial charge on any atom is 0.264 e. The molecule has 0 radical (unpaired) electrons. The Kier molecular flexibility index (Phi) is 4.40. The van der Waals surface area contributed by atoms with Gasteiger partial charge < -0.3 is 5.73 Å². The Labute approximate surface area is 134 Å². The number of pyridine rings is 1. The average molecular weight is 395 g/mol. The second kappa shape index (κ2) is 5.78. The molecule has 1 heterocycles. The standard InChI is InChI=1S/C12H10BrClFN3O2S/c1-6-2-8(5-17-12(6)14)18-21(19,20)10-4-7(16)3-9(13)11(10)15/h2-5,18H,16H2,1H3. The van der Waals surface area contributed by atoms with E-state index in [4.69, 9.17) is 17.3 Å². The minimum Gasteiger partial charge on any atom is -0.399 e. The number of rotatable bonds is 3. The van der Waals surface area contributed by atoms with Crippen molar-refractivity contribution in [3.63, 3.8) is 0 Å². The van der Waals surface area contributed by atoms with Crippen LogP contribution < -0.4 is 10.5 Å². The molecule has 2 aromatic rings. The van der Waals surface area contributed by atoms with Gasteiger partial charge in [0, 0.05) is 5.69 Å². The summed E-state index contributed by atoms with van der Waals surface area (Å²) in [4.78, 5) is 3.27. The number of halogens is 3. The normalized spacial score (nSPS) is 11.4. The lowest BCUT2D eigenvalue weighted by molar-refractivity contribution is 0.567. The van der Waals surface area contributed by atoms with Crippen LogP contribution in [0.5, 0.6) is 0 Å². The molecule has 0 atom stereocenters. The van der Waals surface area contributed by atoms with Gasteiger partial charge in [0.2, 0.25) is 0 Å². The van der Waals surface area contributed by atoms with Crippen molar-refractivity contribution >= 4 is 48.9 Å². The molecule has 0 fully saturated rings. The fraction of sp³-hybridized carbons (Fsp3) is 0.0833. The molecule has 0 bridgehead atoms. The van der Waals surface area contributed by atoms with Crippen LogP contribution >= 0.6 is 27.5 Å². The minimum absolute atomic E-state index is 0.0340. The van der Waals surface area contributed by atoms with E-state index < -0.39 is 20.7 Å². The van der Waals surface area contributed by atoms with Crippen molar-refractivity contribution in [3.8, 4) is 0 Å². The quantitative estimate of drug-likeness (QED) is 0.618. The van der Waals surface area contributed by atoms with Gasteiger partial charge in [0.1, 0.15) is 10.0 Å². The maximum absolute atomic E-state index is 14.0. The topological polar surface area (TPSA) is 85.1 Å². The average Bonchev–Trinajstić information content (AvgIpc) is 2.37. The largest absolute Gasteiger partial charge is 0.399 e. The molecule has 0 aliphatic carbocycles. The number of nitrogens with two attached hydrogens (primary N) is 1. The van der Waals surface area contributed by atoms with Gasteiger partial charge in [-0.25, -0.2) is 17.8 Å². The summed E-state index contributed by atoms with van der Waals surface area (Å²) in [5, 5.41) is 0.260. The number of nitrogens with zero attached hydrogens (tertiary/aromatic N) is 1. The van der Waals surface area contributed by atoms with Crippen molar-refractivity contribution in [2.45, 2.75) is 11.8 Å². The molecular formula is C12H10BrClFN3O2S. The van der Waals surface area contributed by atoms with E-state index in [1.165, 1.54) is 18.3 Å². The van der Waals surface area contributed by atoms with Gasteiger partial charge in [-0.1, -0.05) is 11.6 Å². The first-order valence-corrected chi connectivity index (χ1v) is 8.25. The highest BCUT2D eigenvalue weighted by Gasteiger charge is 2.22. The molecule has 0 saturated carbocycles. The van der Waals surface area contributed by atoms with Crippen LogP contribution in [0, 0.1) is 12.7 Å². The van der Waals surface area contributed by atoms with Crippen LogP contribution in [0.25, 0.3) is 0 Å². The van der Waals surface area contributed by atoms with E-state index in [0.717, 1.165) is 6.07 Å². The highest BCUT2D eigenvalue weighted by atomic mass is 79.9. The van der Waals surface area contributed by atoms with Gasteiger partial charge in [-0.15, -0.1) is 0 Å². The van der Waals surface area contributed by atoms with E-state index in [0.29, 0.717) is 5.56 Å². The van der Waals surface area contributed by atoms with E-state index >= 15 is 0 Å². The second-order valence-electron chi connectivity index (χ2n) is 4.25. The number of nitrogens with one attached hydrogen (secondary N) is 1. The summed E-state index contributed by atoms with van der Waals surface area (Å²) in [5.74, 6) is -0.921. The van der Waals surface area contributed by atoms with Crippen molar-refractivity contribution < 1.29 is 12.8 Å². The first kappa shape index (κ1) is 16.0. The fourth-order valence-electron chi connectivity index (χ4n) is 1.60. The van der Waals surface area contributed by atoms with Crippen molar-refractivity contribution in [2.24, 2.45) is 0 Å². The number of hydrogen-bond acceptors (Lipinski definition) is 4. The van der Waals surface area contributed by atoms with Crippen LogP contribution in [0.3, 0.4) is 0 Å². The smallest absolute Gasteiger partial charge is 0.264 e. The molecule has 0 aliphatic rings. The van der Waals surface area contributed by atoms with Crippen molar-refractivity contribution in [3.05, 3.63) is 45.4 Å². The van der Waals surface area contributed by atoms with E-state index in [-0.39, 0.29) is 21.0 Å². The van der Waals surface area contributed by atoms with Crippen LogP contribution in [0.4, 0.5) is 15.8 Å². The van der Waals surface area contributed by atoms with Gasteiger partial charge in [-0.05, 0) is 46.6 Å². The Morgan fingerprint density at radius 3 is 2.67 bits per heavy atom. The zero-order valence-electron chi connectivity index (χ0n) is 10.7. The Bertz CT molecular complexity index is 814. The second-order valence-corrected chi connectivity index (χ2v) is 7.12. The third-order valence-corrected chi connectivity index (χ3v) is 4.93. The maximum atomic E-state index is 14.0. The van der Waals surface area contributed by atoms with Crippen LogP contribution in [-0.4, -0.2) is 13.4 Å². The summed E-state index contributed by atoms with van der Waals surface area (Å²) in [6, 6.07) is 3.81. The molecule has 0 saturated heterocycles. The summed E-state index contributed by atoms with van der Waals surface area (Å²) in [7, 11) is -4.14. The zero-order valence-corrected chi connectivity index (χ0v) is 13.9. The molecule has 0 aliphatic heterocycles. The van der Waals surface area contributed by atoms with Gasteiger partial charge >= 0.3 is 0 Å². The summed E-state index contributed by atoms with van der Waals surface area (Å²) >= 11 is 8.68. The third kappa shape index (κ3) is 3.45. The first-order valence-electron chi connectivity index (χ1n) is 5.60. The zero-order chi connectivity index (χ0) is 15.8. The lowest BCUT2D eigenvalue weighted by Crippen LogP contribution is -2.15. The van der Waals surface area contributed by atoms with Crippen LogP contribution in [-0.2, 0) is 10.0 Å². The van der Waals surface area contributed by atoms with Gasteiger partial charge in [0.25, 0.3) is 10.0 Å². The highest BCUT2D eigenvalue weighted by molar-refractivity contribution is 9.10. The molecule has 0 amide bonds. The van der Waals surface area contributed by atoms with Gasteiger partial charge in [-0.2, -0.15) is 0 Å². The van der Waals surface area contributed by atoms with E-state index in [1.807, 2.05) is 0 Å². The number of nitrogen functional groups attached to an aromatic ring is 1. The number of aryl methyl sites for hydroxylation is 1. The Morgan fingerprint density at radius 2 is 2.05 bits per heavy atom. The van der Waals surface area contributed by atoms with Crippen LogP contribution in [0.15, 0.2) is 33.8 Å². The van der Waals surface area contributed by atoms with Crippen LogP contribution in [0.1, 0.15) is 5.56 Å². The van der Waals surface area contributed by atoms with Gasteiger partial charge in [-0.3, -0.25) is 4.72 Å². The Morgan fingerprint density at radius 1 is 1.38 bits per heavy atom. The molecule has 9 heteroatoms. The summed E-state index contributed by atoms with van der Waals surface area (Å²) in [6.45, 7) is 1.67. The molecule has 0 unspecified atom stereocenters. The molecular weight excluding hydrogens is 385 g/mol. The molecule has 3 N–H and O–H groups in total. The molecule has 1 aromatic carbocycles. The summed E-state index contributed by atoms with van der Waals surface area (Å²) in [6.07, 6.45) is 1.24. The monoisotopic (exact) mass is 393 g/mol. The molecule has 0 spiro atoms. The van der Waals surface area contributed by atoms with Gasteiger partial charge in [0.05, 0.1) is 16.4 Å². The van der Waals surface area contributed by atoms with E-state index in [9.17, 15) is 12.8 Å². The predicted molar refractivity (Wildman–Crippen MR) is 83.3 cm³/mol. The predicted octanol–water partition coefficient (Wildman–Crippen LogP) is 3.33. The fourth-order valence-corrected chi connectivity index (χ4v) is 3.48. The third-order valence-electron chi connectivity index (χ3n) is 2.57. The van der Waals surface area contributed by atoms with Gasteiger partial charge in [0.15, 0.2) is 5.82 Å². The highest BCUT2D eigenvalue weighted by Crippen LogP contribution is 2.28. The molecule has 2 rings (SSSR count). The molecule has 21 heavy (non-hydrogen) atoms. The number of sulfonamides is 1. The van der Waals surface area contributed by atoms with Crippen molar-refractivity contribution in [1.82, 2.24) is 4.98 Å². The van der Waals surface area contributed by atoms with E-state index in [2.05, 4.69) is 25.6 Å². The van der Waals surface area contributed by atoms with E-state index in [1.54, 1.807) is 6.92 Å². The number of aromatic nitrogens is 1. The lowest BCUT2D eigenvalue weighted by Gasteiger charge is -2.11. The van der Waals surface area contributed by atoms with Crippen LogP contribution in [0.2, 0.25) is 5.15 Å². The Balaban J connectivity index is 2.45. The molecule has 5 nitrogen and oxygen atoms in total. The summed E-state index contributed by atoms with van der Waals surface area (Å²) < 4.78 is 40.6. The number of hydrogen-bond donors (Lipinski definition) is 2. The number of anilines is 2. The van der Waals surface area contributed by atoms with Crippen molar-refractivity contribution in [2.75, 3.05) is 10.5 Å². The summed E-state index contributed by atoms with van der Waals surface area (Å²) in [5.41, 5.74) is 6.43. The molecule has 1 aromatic heterocycles. The lowest BCUT2D eigenvalue weighted by atomic mass is 10.3. The first-order chi connectivity index (χ1) is 9.70. The Hall–Kier alpha value is -1.38. The van der Waals surface area contributed by atoms with Crippen molar-refractivity contribution in [1.29, 1.82) is 0 Å².